The zero-order valence-electron chi connectivity index (χ0n) is 19.9. The third kappa shape index (κ3) is 3.93. The summed E-state index contributed by atoms with van der Waals surface area (Å²) in [5.41, 5.74) is 6.64. The number of aryl methyl sites for hydroxylation is 1. The molecule has 0 aliphatic carbocycles. The average Bonchev–Trinajstić information content (AvgIpc) is 2.82. The topological polar surface area (TPSA) is 30.5 Å². The largest absolute Gasteiger partial charge is 0.456 e. The highest BCUT2D eigenvalue weighted by Crippen LogP contribution is 2.36. The van der Waals surface area contributed by atoms with Crippen molar-refractivity contribution in [2.24, 2.45) is 0 Å². The summed E-state index contributed by atoms with van der Waals surface area (Å²) in [6.45, 7) is 14.3. The predicted octanol–water partition coefficient (Wildman–Crippen LogP) is 6.57. The molecule has 5 rings (SSSR count). The van der Waals surface area contributed by atoms with E-state index in [4.69, 9.17) is 9.47 Å². The lowest BCUT2D eigenvalue weighted by molar-refractivity contribution is 0.449. The van der Waals surface area contributed by atoms with Crippen LogP contribution in [0.5, 0.6) is 23.0 Å². The van der Waals surface area contributed by atoms with Gasteiger partial charge in [-0.1, -0.05) is 39.8 Å². The second-order valence-corrected chi connectivity index (χ2v) is 7.27. The first kappa shape index (κ1) is 22.5. The molecular weight excluding hydrogens is 382 g/mol. The van der Waals surface area contributed by atoms with Gasteiger partial charge < -0.3 is 14.8 Å². The van der Waals surface area contributed by atoms with E-state index in [2.05, 4.69) is 68.6 Å². The van der Waals surface area contributed by atoms with Crippen LogP contribution >= 0.6 is 0 Å². The molecule has 0 bridgehead atoms. The van der Waals surface area contributed by atoms with Gasteiger partial charge >= 0.3 is 0 Å². The average molecular weight is 416 g/mol. The number of anilines is 1. The third-order valence-electron chi connectivity index (χ3n) is 5.47. The summed E-state index contributed by atoms with van der Waals surface area (Å²) in [4.78, 5) is 0. The van der Waals surface area contributed by atoms with Crippen molar-refractivity contribution in [3.63, 3.8) is 0 Å². The minimum atomic E-state index is 0.879. The standard InChI is InChI=1S/C24H21NO2.2C2H6/c1-13-5-6-16-10-19-15(3)24-20(14(2)23(19)26-21(16)9-13)11-17-7-8-18(25-4)12-22(17)27-24;2*1-2/h5-12,25H,1-4H3;2*1-2H3. The normalized spacial score (nSPS) is 11.6. The summed E-state index contributed by atoms with van der Waals surface area (Å²) < 4.78 is 12.7. The van der Waals surface area contributed by atoms with Crippen molar-refractivity contribution in [1.82, 2.24) is 0 Å². The molecule has 0 unspecified atom stereocenters. The third-order valence-corrected chi connectivity index (χ3v) is 5.47. The minimum absolute atomic E-state index is 0.879. The number of rotatable bonds is 1. The van der Waals surface area contributed by atoms with Gasteiger partial charge in [-0.3, -0.25) is 0 Å². The van der Waals surface area contributed by atoms with Gasteiger partial charge in [-0.25, -0.2) is 0 Å². The van der Waals surface area contributed by atoms with E-state index in [0.29, 0.717) is 0 Å². The van der Waals surface area contributed by atoms with Crippen LogP contribution in [0.3, 0.4) is 0 Å². The summed E-state index contributed by atoms with van der Waals surface area (Å²) in [6, 6.07) is 12.5. The second-order valence-electron chi connectivity index (χ2n) is 7.27. The molecule has 0 aromatic heterocycles. The first-order valence-corrected chi connectivity index (χ1v) is 11.2. The van der Waals surface area contributed by atoms with Crippen LogP contribution < -0.4 is 25.2 Å². The van der Waals surface area contributed by atoms with Crippen LogP contribution in [0, 0.1) is 20.8 Å². The number of ether oxygens (including phenoxy) is 2. The Balaban J connectivity index is 0.000000645. The van der Waals surface area contributed by atoms with E-state index in [1.807, 2.05) is 40.8 Å². The van der Waals surface area contributed by atoms with Crippen molar-refractivity contribution < 1.29 is 9.47 Å². The first-order valence-electron chi connectivity index (χ1n) is 11.2. The predicted molar refractivity (Wildman–Crippen MR) is 132 cm³/mol. The Kier molecular flexibility index (Phi) is 6.74. The number of benzene rings is 3. The van der Waals surface area contributed by atoms with Crippen LogP contribution in [0.15, 0.2) is 36.4 Å². The van der Waals surface area contributed by atoms with Crippen LogP contribution in [0.4, 0.5) is 5.69 Å². The molecule has 162 valence electrons. The molecule has 3 nitrogen and oxygen atoms in total. The van der Waals surface area contributed by atoms with Crippen molar-refractivity contribution >= 4 is 17.8 Å². The summed E-state index contributed by atoms with van der Waals surface area (Å²) in [6.07, 6.45) is 4.41. The lowest BCUT2D eigenvalue weighted by atomic mass is 9.96. The summed E-state index contributed by atoms with van der Waals surface area (Å²) in [7, 11) is 1.92. The van der Waals surface area contributed by atoms with Crippen molar-refractivity contribution in [2.75, 3.05) is 12.4 Å². The molecule has 0 saturated heterocycles. The Morgan fingerprint density at radius 1 is 0.645 bits per heavy atom. The Hall–Kier alpha value is -3.20. The molecule has 0 atom stereocenters. The fraction of sp³-hybridized carbons (Fsp3) is 0.286. The molecule has 1 N–H and O–H groups in total. The van der Waals surface area contributed by atoms with Crippen molar-refractivity contribution in [2.45, 2.75) is 48.5 Å². The van der Waals surface area contributed by atoms with Gasteiger partial charge in [0.1, 0.15) is 23.0 Å². The highest BCUT2D eigenvalue weighted by atomic mass is 16.5. The fourth-order valence-corrected chi connectivity index (χ4v) is 3.88. The molecule has 31 heavy (non-hydrogen) atoms. The van der Waals surface area contributed by atoms with Gasteiger partial charge in [0, 0.05) is 51.5 Å². The highest BCUT2D eigenvalue weighted by molar-refractivity contribution is 5.73. The van der Waals surface area contributed by atoms with E-state index in [9.17, 15) is 0 Å². The van der Waals surface area contributed by atoms with E-state index in [1.54, 1.807) is 0 Å². The molecule has 2 aliphatic rings. The molecule has 3 heteroatoms. The summed E-state index contributed by atoms with van der Waals surface area (Å²) in [5, 5.41) is 5.37. The van der Waals surface area contributed by atoms with E-state index < -0.39 is 0 Å². The molecule has 2 heterocycles. The van der Waals surface area contributed by atoms with Gasteiger partial charge in [0.2, 0.25) is 0 Å². The number of fused-ring (bicyclic) bond motifs is 4. The van der Waals surface area contributed by atoms with E-state index >= 15 is 0 Å². The monoisotopic (exact) mass is 415 g/mol. The van der Waals surface area contributed by atoms with Gasteiger partial charge in [0.05, 0.1) is 0 Å². The second kappa shape index (κ2) is 9.30. The van der Waals surface area contributed by atoms with Crippen LogP contribution in [0.1, 0.15) is 55.5 Å². The fourth-order valence-electron chi connectivity index (χ4n) is 3.88. The van der Waals surface area contributed by atoms with Gasteiger partial charge in [-0.05, 0) is 56.7 Å². The molecule has 3 aromatic carbocycles. The molecule has 2 aliphatic heterocycles. The SMILES string of the molecule is CC.CC.CNc1ccc2c(c1)Oc1c(C)c3c(c(C)c1=C2)Oc1cc(C)ccc1C=3. The highest BCUT2D eigenvalue weighted by Gasteiger charge is 2.22. The smallest absolute Gasteiger partial charge is 0.138 e. The molecule has 3 aromatic rings. The minimum Gasteiger partial charge on any atom is -0.456 e. The Bertz CT molecular complexity index is 1240. The molecule has 0 spiro atoms. The lowest BCUT2D eigenvalue weighted by Gasteiger charge is -2.24. The molecule has 0 radical (unpaired) electrons. The quantitative estimate of drug-likeness (QED) is 0.336. The maximum atomic E-state index is 6.36. The van der Waals surface area contributed by atoms with Gasteiger partial charge in [0.25, 0.3) is 0 Å². The van der Waals surface area contributed by atoms with Crippen LogP contribution in [0.25, 0.3) is 12.2 Å². The molecule has 0 saturated carbocycles. The van der Waals surface area contributed by atoms with Crippen LogP contribution in [-0.4, -0.2) is 7.05 Å². The maximum absolute atomic E-state index is 6.36. The number of nitrogens with one attached hydrogen (secondary N) is 1. The summed E-state index contributed by atoms with van der Waals surface area (Å²) >= 11 is 0. The number of hydrogen-bond donors (Lipinski definition) is 1. The van der Waals surface area contributed by atoms with Crippen molar-refractivity contribution in [1.29, 1.82) is 0 Å². The van der Waals surface area contributed by atoms with E-state index in [-0.39, 0.29) is 0 Å². The molecular formula is C28H33NO2. The number of hydrogen-bond acceptors (Lipinski definition) is 3. The summed E-state index contributed by atoms with van der Waals surface area (Å²) in [5.74, 6) is 3.65. The lowest BCUT2D eigenvalue weighted by Crippen LogP contribution is -2.26. The zero-order chi connectivity index (χ0) is 22.7. The first-order chi connectivity index (χ1) is 15.0. The maximum Gasteiger partial charge on any atom is 0.138 e. The van der Waals surface area contributed by atoms with Gasteiger partial charge in [-0.2, -0.15) is 0 Å². The van der Waals surface area contributed by atoms with E-state index in [0.717, 1.165) is 61.4 Å². The molecule has 0 amide bonds. The van der Waals surface area contributed by atoms with E-state index in [1.165, 1.54) is 5.56 Å². The Labute approximate surface area is 186 Å². The van der Waals surface area contributed by atoms with Crippen LogP contribution in [-0.2, 0) is 0 Å². The Morgan fingerprint density at radius 3 is 1.65 bits per heavy atom. The van der Waals surface area contributed by atoms with Crippen molar-refractivity contribution in [3.05, 3.63) is 74.7 Å². The Morgan fingerprint density at radius 2 is 1.13 bits per heavy atom. The van der Waals surface area contributed by atoms with Gasteiger partial charge in [-0.15, -0.1) is 0 Å². The van der Waals surface area contributed by atoms with Crippen molar-refractivity contribution in [3.8, 4) is 23.0 Å². The zero-order valence-corrected chi connectivity index (χ0v) is 19.9. The van der Waals surface area contributed by atoms with Gasteiger partial charge in [0.15, 0.2) is 0 Å². The molecule has 0 fully saturated rings. The van der Waals surface area contributed by atoms with Crippen LogP contribution in [0.2, 0.25) is 0 Å².